The smallest absolute Gasteiger partial charge is 0.255 e. The highest BCUT2D eigenvalue weighted by Crippen LogP contribution is 2.27. The molecule has 0 atom stereocenters. The summed E-state index contributed by atoms with van der Waals surface area (Å²) in [7, 11) is 0. The van der Waals surface area contributed by atoms with Gasteiger partial charge >= 0.3 is 0 Å². The highest BCUT2D eigenvalue weighted by molar-refractivity contribution is 9.10. The molecular weight excluding hydrogens is 358 g/mol. The molecule has 1 amide bonds. The molecule has 0 spiro atoms. The first kappa shape index (κ1) is 17.3. The Morgan fingerprint density at radius 2 is 2.00 bits per heavy atom. The fourth-order valence-electron chi connectivity index (χ4n) is 2.03. The Morgan fingerprint density at radius 1 is 1.22 bits per heavy atom. The van der Waals surface area contributed by atoms with Gasteiger partial charge in [0.15, 0.2) is 0 Å². The van der Waals surface area contributed by atoms with Gasteiger partial charge in [0.1, 0.15) is 11.5 Å². The maximum Gasteiger partial charge on any atom is 0.255 e. The van der Waals surface area contributed by atoms with Crippen LogP contribution in [0.25, 0.3) is 0 Å². The number of hydrogen-bond donors (Lipinski definition) is 1. The van der Waals surface area contributed by atoms with Crippen molar-refractivity contribution in [3.63, 3.8) is 0 Å². The monoisotopic (exact) mass is 377 g/mol. The van der Waals surface area contributed by atoms with E-state index in [4.69, 9.17) is 9.47 Å². The van der Waals surface area contributed by atoms with Gasteiger partial charge in [-0.15, -0.1) is 0 Å². The van der Waals surface area contributed by atoms with Gasteiger partial charge in [0.2, 0.25) is 0 Å². The zero-order chi connectivity index (χ0) is 16.8. The molecule has 0 aliphatic heterocycles. The summed E-state index contributed by atoms with van der Waals surface area (Å²) in [6.07, 6.45) is 0.0762. The van der Waals surface area contributed by atoms with Crippen LogP contribution >= 0.6 is 15.9 Å². The van der Waals surface area contributed by atoms with Gasteiger partial charge in [-0.1, -0.05) is 6.07 Å². The van der Waals surface area contributed by atoms with Crippen molar-refractivity contribution in [2.75, 3.05) is 11.9 Å². The lowest BCUT2D eigenvalue weighted by Crippen LogP contribution is -2.12. The molecule has 0 saturated heterocycles. The lowest BCUT2D eigenvalue weighted by Gasteiger charge is -2.13. The van der Waals surface area contributed by atoms with E-state index in [1.807, 2.05) is 39.0 Å². The second-order valence-corrected chi connectivity index (χ2v) is 6.08. The number of ether oxygens (including phenoxy) is 2. The Morgan fingerprint density at radius 3 is 2.65 bits per heavy atom. The summed E-state index contributed by atoms with van der Waals surface area (Å²) in [5, 5.41) is 2.86. The maximum absolute atomic E-state index is 12.4. The standard InChI is InChI=1S/C18H20BrNO3/c1-4-22-15-7-5-6-14(11-15)20-18(21)13-8-9-17(16(19)10-13)23-12(2)3/h5-12H,4H2,1-3H3,(H,20,21). The average Bonchev–Trinajstić information content (AvgIpc) is 2.49. The van der Waals surface area contributed by atoms with Gasteiger partial charge in [-0.05, 0) is 67.0 Å². The number of rotatable bonds is 6. The largest absolute Gasteiger partial charge is 0.494 e. The summed E-state index contributed by atoms with van der Waals surface area (Å²) in [4.78, 5) is 12.4. The molecule has 2 aromatic rings. The Labute approximate surface area is 144 Å². The van der Waals surface area contributed by atoms with Gasteiger partial charge < -0.3 is 14.8 Å². The van der Waals surface area contributed by atoms with Crippen LogP contribution in [0.15, 0.2) is 46.9 Å². The van der Waals surface area contributed by atoms with Crippen LogP contribution in [0.5, 0.6) is 11.5 Å². The highest BCUT2D eigenvalue weighted by atomic mass is 79.9. The van der Waals surface area contributed by atoms with Crippen molar-refractivity contribution in [2.45, 2.75) is 26.9 Å². The number of anilines is 1. The Balaban J connectivity index is 2.11. The van der Waals surface area contributed by atoms with E-state index < -0.39 is 0 Å². The van der Waals surface area contributed by atoms with Crippen LogP contribution in [0, 0.1) is 0 Å². The normalized spacial score (nSPS) is 10.5. The van der Waals surface area contributed by atoms with Crippen LogP contribution in [0.4, 0.5) is 5.69 Å². The van der Waals surface area contributed by atoms with Crippen molar-refractivity contribution < 1.29 is 14.3 Å². The van der Waals surface area contributed by atoms with Gasteiger partial charge in [0.25, 0.3) is 5.91 Å². The number of benzene rings is 2. The first-order valence-electron chi connectivity index (χ1n) is 7.50. The molecule has 5 heteroatoms. The van der Waals surface area contributed by atoms with Crippen LogP contribution < -0.4 is 14.8 Å². The number of carbonyl (C=O) groups excluding carboxylic acids is 1. The SMILES string of the molecule is CCOc1cccc(NC(=O)c2ccc(OC(C)C)c(Br)c2)c1. The quantitative estimate of drug-likeness (QED) is 0.779. The second kappa shape index (κ2) is 8.02. The minimum Gasteiger partial charge on any atom is -0.494 e. The van der Waals surface area contributed by atoms with Gasteiger partial charge in [-0.3, -0.25) is 4.79 Å². The number of hydrogen-bond acceptors (Lipinski definition) is 3. The highest BCUT2D eigenvalue weighted by Gasteiger charge is 2.11. The number of amides is 1. The minimum absolute atomic E-state index is 0.0762. The van der Waals surface area contributed by atoms with Crippen molar-refractivity contribution >= 4 is 27.5 Å². The summed E-state index contributed by atoms with van der Waals surface area (Å²) >= 11 is 3.44. The first-order valence-corrected chi connectivity index (χ1v) is 8.29. The van der Waals surface area contributed by atoms with E-state index in [1.165, 1.54) is 0 Å². The summed E-state index contributed by atoms with van der Waals surface area (Å²) in [5.41, 5.74) is 1.24. The molecule has 23 heavy (non-hydrogen) atoms. The van der Waals surface area contributed by atoms with Crippen molar-refractivity contribution in [1.29, 1.82) is 0 Å². The second-order valence-electron chi connectivity index (χ2n) is 5.23. The first-order chi connectivity index (χ1) is 11.0. The molecule has 1 N–H and O–H groups in total. The third kappa shape index (κ3) is 4.99. The van der Waals surface area contributed by atoms with Crippen LogP contribution in [0.1, 0.15) is 31.1 Å². The summed E-state index contributed by atoms with van der Waals surface area (Å²) in [6, 6.07) is 12.6. The van der Waals surface area contributed by atoms with E-state index >= 15 is 0 Å². The lowest BCUT2D eigenvalue weighted by atomic mass is 10.2. The van der Waals surface area contributed by atoms with E-state index in [9.17, 15) is 4.79 Å². The van der Waals surface area contributed by atoms with Gasteiger partial charge in [0, 0.05) is 17.3 Å². The minimum atomic E-state index is -0.185. The van der Waals surface area contributed by atoms with Crippen molar-refractivity contribution in [3.05, 3.63) is 52.5 Å². The predicted octanol–water partition coefficient (Wildman–Crippen LogP) is 4.89. The maximum atomic E-state index is 12.4. The topological polar surface area (TPSA) is 47.6 Å². The Bertz CT molecular complexity index is 686. The number of nitrogens with one attached hydrogen (secondary N) is 1. The van der Waals surface area contributed by atoms with Crippen LogP contribution in [0.2, 0.25) is 0 Å². The molecule has 0 unspecified atom stereocenters. The zero-order valence-corrected chi connectivity index (χ0v) is 15.0. The molecule has 2 aromatic carbocycles. The van der Waals surface area contributed by atoms with Crippen molar-refractivity contribution in [3.8, 4) is 11.5 Å². The van der Waals surface area contributed by atoms with E-state index in [0.29, 0.717) is 17.9 Å². The van der Waals surface area contributed by atoms with E-state index in [1.54, 1.807) is 24.3 Å². The Kier molecular flexibility index (Phi) is 6.04. The molecule has 2 rings (SSSR count). The third-order valence-electron chi connectivity index (χ3n) is 2.96. The van der Waals surface area contributed by atoms with Gasteiger partial charge in [-0.25, -0.2) is 0 Å². The zero-order valence-electron chi connectivity index (χ0n) is 13.4. The average molecular weight is 378 g/mol. The molecule has 0 fully saturated rings. The van der Waals surface area contributed by atoms with E-state index in [2.05, 4.69) is 21.2 Å². The Hall–Kier alpha value is -2.01. The molecule has 122 valence electrons. The van der Waals surface area contributed by atoms with Crippen LogP contribution in [0.3, 0.4) is 0 Å². The third-order valence-corrected chi connectivity index (χ3v) is 3.58. The molecule has 0 heterocycles. The molecule has 0 aliphatic rings. The summed E-state index contributed by atoms with van der Waals surface area (Å²) < 4.78 is 11.8. The summed E-state index contributed by atoms with van der Waals surface area (Å²) in [5.74, 6) is 1.26. The van der Waals surface area contributed by atoms with Gasteiger partial charge in [0.05, 0.1) is 17.2 Å². The van der Waals surface area contributed by atoms with E-state index in [-0.39, 0.29) is 12.0 Å². The lowest BCUT2D eigenvalue weighted by molar-refractivity contribution is 0.102. The molecule has 0 saturated carbocycles. The fraction of sp³-hybridized carbons (Fsp3) is 0.278. The van der Waals surface area contributed by atoms with Crippen LogP contribution in [-0.2, 0) is 0 Å². The van der Waals surface area contributed by atoms with E-state index in [0.717, 1.165) is 16.0 Å². The van der Waals surface area contributed by atoms with Crippen molar-refractivity contribution in [2.24, 2.45) is 0 Å². The molecular formula is C18H20BrNO3. The van der Waals surface area contributed by atoms with Crippen LogP contribution in [-0.4, -0.2) is 18.6 Å². The predicted molar refractivity (Wildman–Crippen MR) is 95.5 cm³/mol. The fourth-order valence-corrected chi connectivity index (χ4v) is 2.50. The summed E-state index contributed by atoms with van der Waals surface area (Å²) in [6.45, 7) is 6.42. The molecule has 0 aromatic heterocycles. The number of halogens is 1. The number of carbonyl (C=O) groups is 1. The van der Waals surface area contributed by atoms with Gasteiger partial charge in [-0.2, -0.15) is 0 Å². The van der Waals surface area contributed by atoms with Crippen molar-refractivity contribution in [1.82, 2.24) is 0 Å². The molecule has 4 nitrogen and oxygen atoms in total. The molecule has 0 radical (unpaired) electrons. The molecule has 0 bridgehead atoms. The molecule has 0 aliphatic carbocycles.